The van der Waals surface area contributed by atoms with E-state index in [9.17, 15) is 13.2 Å². The average Bonchev–Trinajstić information content (AvgIpc) is 3.07. The lowest BCUT2D eigenvalue weighted by Crippen LogP contribution is -2.30. The summed E-state index contributed by atoms with van der Waals surface area (Å²) in [4.78, 5) is 11.7. The number of nitrogens with zero attached hydrogens (tertiary/aromatic N) is 1. The second-order valence-corrected chi connectivity index (χ2v) is 7.00. The molecule has 21 heavy (non-hydrogen) atoms. The van der Waals surface area contributed by atoms with E-state index in [0.717, 1.165) is 25.8 Å². The van der Waals surface area contributed by atoms with Crippen LogP contribution in [0.25, 0.3) is 0 Å². The Bertz CT molecular complexity index is 603. The van der Waals surface area contributed by atoms with Gasteiger partial charge in [-0.25, -0.2) is 13.1 Å². The molecule has 1 aliphatic heterocycles. The molecule has 1 aromatic rings. The summed E-state index contributed by atoms with van der Waals surface area (Å²) < 4.78 is 28.5. The van der Waals surface area contributed by atoms with Gasteiger partial charge in [0.1, 0.15) is 10.6 Å². The summed E-state index contributed by atoms with van der Waals surface area (Å²) >= 11 is 0. The summed E-state index contributed by atoms with van der Waals surface area (Å²) in [5.74, 6) is -0.311. The smallest absolute Gasteiger partial charge is 0.267 e. The fourth-order valence-electron chi connectivity index (χ4n) is 2.49. The highest BCUT2D eigenvalue weighted by Crippen LogP contribution is 2.14. The van der Waals surface area contributed by atoms with Crippen LogP contribution in [-0.2, 0) is 17.1 Å². The van der Waals surface area contributed by atoms with Gasteiger partial charge >= 0.3 is 0 Å². The molecule has 0 aromatic carbocycles. The number of aromatic nitrogens is 1. The molecule has 0 spiro atoms. The van der Waals surface area contributed by atoms with Gasteiger partial charge in [0, 0.05) is 32.9 Å². The fraction of sp³-hybridized carbons (Fsp3) is 0.615. The van der Waals surface area contributed by atoms with Gasteiger partial charge in [0.05, 0.1) is 0 Å². The molecule has 2 rings (SSSR count). The molecule has 1 atom stereocenters. The second-order valence-electron chi connectivity index (χ2n) is 5.23. The molecule has 1 aromatic heterocycles. The maximum absolute atomic E-state index is 12.2. The van der Waals surface area contributed by atoms with Crippen molar-refractivity contribution in [1.29, 1.82) is 0 Å². The topological polar surface area (TPSA) is 92.2 Å². The lowest BCUT2D eigenvalue weighted by molar-refractivity contribution is 0.0955. The summed E-state index contributed by atoms with van der Waals surface area (Å²) in [6.45, 7) is 1.40. The van der Waals surface area contributed by atoms with Crippen molar-refractivity contribution in [3.05, 3.63) is 18.0 Å². The first kappa shape index (κ1) is 16.0. The molecule has 0 bridgehead atoms. The molecule has 1 saturated heterocycles. The predicted molar refractivity (Wildman–Crippen MR) is 79.6 cm³/mol. The number of hydrogen-bond acceptors (Lipinski definition) is 4. The molecule has 118 valence electrons. The zero-order chi connectivity index (χ0) is 15.5. The predicted octanol–water partition coefficient (Wildman–Crippen LogP) is -0.195. The Kier molecular flexibility index (Phi) is 5.02. The molecular formula is C13H22N4O3S. The third kappa shape index (κ3) is 3.84. The summed E-state index contributed by atoms with van der Waals surface area (Å²) in [5, 5.41) is 5.81. The highest BCUT2D eigenvalue weighted by atomic mass is 32.2. The molecule has 0 saturated carbocycles. The molecular weight excluding hydrogens is 292 g/mol. The van der Waals surface area contributed by atoms with E-state index in [1.807, 2.05) is 0 Å². The first-order valence-electron chi connectivity index (χ1n) is 7.05. The quantitative estimate of drug-likeness (QED) is 0.678. The third-order valence-electron chi connectivity index (χ3n) is 3.70. The van der Waals surface area contributed by atoms with Crippen LogP contribution < -0.4 is 15.4 Å². The van der Waals surface area contributed by atoms with Gasteiger partial charge in [0.25, 0.3) is 5.91 Å². The first-order valence-corrected chi connectivity index (χ1v) is 8.54. The van der Waals surface area contributed by atoms with Gasteiger partial charge in [-0.1, -0.05) is 0 Å². The minimum atomic E-state index is -3.57. The number of nitrogens with one attached hydrogen (secondary N) is 3. The van der Waals surface area contributed by atoms with Gasteiger partial charge in [0.15, 0.2) is 0 Å². The molecule has 8 heteroatoms. The number of sulfonamides is 1. The third-order valence-corrected chi connectivity index (χ3v) is 5.13. The van der Waals surface area contributed by atoms with E-state index in [1.165, 1.54) is 23.9 Å². The van der Waals surface area contributed by atoms with Gasteiger partial charge < -0.3 is 15.2 Å². The molecule has 3 N–H and O–H groups in total. The molecule has 1 fully saturated rings. The van der Waals surface area contributed by atoms with E-state index < -0.39 is 10.0 Å². The summed E-state index contributed by atoms with van der Waals surface area (Å²) in [7, 11) is -0.419. The number of amides is 1. The van der Waals surface area contributed by atoms with Crippen molar-refractivity contribution in [2.24, 2.45) is 7.05 Å². The van der Waals surface area contributed by atoms with E-state index in [0.29, 0.717) is 18.3 Å². The average molecular weight is 314 g/mol. The van der Waals surface area contributed by atoms with Crippen LogP contribution in [0.1, 0.15) is 29.8 Å². The SMILES string of the molecule is CNC(=O)c1cc(S(=O)(=O)NCC[C@@H]2CCCN2)cn1C. The van der Waals surface area contributed by atoms with Crippen molar-refractivity contribution in [2.45, 2.75) is 30.2 Å². The lowest BCUT2D eigenvalue weighted by atomic mass is 10.2. The zero-order valence-corrected chi connectivity index (χ0v) is 13.2. The maximum Gasteiger partial charge on any atom is 0.267 e. The standard InChI is InChI=1S/C13H22N4O3S/c1-14-13(18)12-8-11(9-17(12)2)21(19,20)16-7-5-10-4-3-6-15-10/h8-10,15-16H,3-7H2,1-2H3,(H,14,18)/t10-/m0/s1. The molecule has 1 aliphatic rings. The van der Waals surface area contributed by atoms with Crippen LogP contribution in [0, 0.1) is 0 Å². The van der Waals surface area contributed by atoms with Crippen molar-refractivity contribution in [3.63, 3.8) is 0 Å². The first-order chi connectivity index (χ1) is 9.94. The van der Waals surface area contributed by atoms with Crippen molar-refractivity contribution < 1.29 is 13.2 Å². The Balaban J connectivity index is 2.00. The van der Waals surface area contributed by atoms with Gasteiger partial charge in [-0.3, -0.25) is 4.79 Å². The van der Waals surface area contributed by atoms with Crippen LogP contribution in [0.3, 0.4) is 0 Å². The Morgan fingerprint density at radius 1 is 1.52 bits per heavy atom. The minimum absolute atomic E-state index is 0.114. The van der Waals surface area contributed by atoms with Crippen LogP contribution >= 0.6 is 0 Å². The van der Waals surface area contributed by atoms with E-state index in [1.54, 1.807) is 7.05 Å². The summed E-state index contributed by atoms with van der Waals surface area (Å²) in [5.41, 5.74) is 0.315. The van der Waals surface area contributed by atoms with Crippen molar-refractivity contribution in [3.8, 4) is 0 Å². The highest BCUT2D eigenvalue weighted by Gasteiger charge is 2.21. The minimum Gasteiger partial charge on any atom is -0.354 e. The summed E-state index contributed by atoms with van der Waals surface area (Å²) in [6.07, 6.45) is 4.45. The number of hydrogen-bond donors (Lipinski definition) is 3. The van der Waals surface area contributed by atoms with Gasteiger partial charge in [-0.05, 0) is 31.9 Å². The van der Waals surface area contributed by atoms with Gasteiger partial charge in [-0.2, -0.15) is 0 Å². The molecule has 0 radical (unpaired) electrons. The number of carbonyl (C=O) groups excluding carboxylic acids is 1. The molecule has 0 unspecified atom stereocenters. The Labute approximate surface area is 125 Å². The molecule has 1 amide bonds. The van der Waals surface area contributed by atoms with Crippen LogP contribution in [0.2, 0.25) is 0 Å². The summed E-state index contributed by atoms with van der Waals surface area (Å²) in [6, 6.07) is 1.78. The Hall–Kier alpha value is -1.38. The van der Waals surface area contributed by atoms with Crippen LogP contribution in [-0.4, -0.2) is 45.1 Å². The molecule has 7 nitrogen and oxygen atoms in total. The molecule has 0 aliphatic carbocycles. The Morgan fingerprint density at radius 2 is 2.29 bits per heavy atom. The van der Waals surface area contributed by atoms with E-state index >= 15 is 0 Å². The monoisotopic (exact) mass is 314 g/mol. The number of aryl methyl sites for hydroxylation is 1. The largest absolute Gasteiger partial charge is 0.354 e. The normalized spacial score (nSPS) is 18.9. The fourth-order valence-corrected chi connectivity index (χ4v) is 3.61. The van der Waals surface area contributed by atoms with Crippen molar-refractivity contribution >= 4 is 15.9 Å². The Morgan fingerprint density at radius 3 is 2.90 bits per heavy atom. The lowest BCUT2D eigenvalue weighted by Gasteiger charge is -2.10. The number of rotatable bonds is 6. The maximum atomic E-state index is 12.2. The van der Waals surface area contributed by atoms with E-state index in [2.05, 4.69) is 15.4 Å². The van der Waals surface area contributed by atoms with Crippen molar-refractivity contribution in [1.82, 2.24) is 19.9 Å². The van der Waals surface area contributed by atoms with Gasteiger partial charge in [0.2, 0.25) is 10.0 Å². The highest BCUT2D eigenvalue weighted by molar-refractivity contribution is 7.89. The van der Waals surface area contributed by atoms with Crippen LogP contribution in [0.4, 0.5) is 0 Å². The van der Waals surface area contributed by atoms with Gasteiger partial charge in [-0.15, -0.1) is 0 Å². The molecule has 2 heterocycles. The van der Waals surface area contributed by atoms with E-state index in [4.69, 9.17) is 0 Å². The second kappa shape index (κ2) is 6.59. The zero-order valence-electron chi connectivity index (χ0n) is 12.3. The number of carbonyl (C=O) groups is 1. The van der Waals surface area contributed by atoms with Crippen LogP contribution in [0.5, 0.6) is 0 Å². The van der Waals surface area contributed by atoms with Crippen LogP contribution in [0.15, 0.2) is 17.2 Å². The van der Waals surface area contributed by atoms with Crippen molar-refractivity contribution in [2.75, 3.05) is 20.1 Å². The van der Waals surface area contributed by atoms with E-state index in [-0.39, 0.29) is 10.8 Å².